The van der Waals surface area contributed by atoms with Crippen molar-refractivity contribution in [3.05, 3.63) is 29.8 Å². The van der Waals surface area contributed by atoms with Gasteiger partial charge in [-0.3, -0.25) is 4.79 Å². The molecule has 1 rings (SSSR count). The number of benzene rings is 1. The Balaban J connectivity index is 2.58. The Kier molecular flexibility index (Phi) is 7.79. The Morgan fingerprint density at radius 2 is 2.05 bits per heavy atom. The van der Waals surface area contributed by atoms with Crippen molar-refractivity contribution in [1.29, 1.82) is 0 Å². The predicted molar refractivity (Wildman–Crippen MR) is 86.0 cm³/mol. The lowest BCUT2D eigenvalue weighted by molar-refractivity contribution is 0.0946. The highest BCUT2D eigenvalue weighted by Gasteiger charge is 2.12. The van der Waals surface area contributed by atoms with Crippen molar-refractivity contribution in [3.8, 4) is 5.75 Å². The molecule has 1 aromatic rings. The van der Waals surface area contributed by atoms with E-state index in [2.05, 4.69) is 10.6 Å². The Morgan fingerprint density at radius 1 is 1.33 bits per heavy atom. The van der Waals surface area contributed by atoms with Crippen LogP contribution in [-0.4, -0.2) is 57.2 Å². The fourth-order valence-electron chi connectivity index (χ4n) is 1.88. The van der Waals surface area contributed by atoms with Gasteiger partial charge in [0.15, 0.2) is 0 Å². The van der Waals surface area contributed by atoms with Crippen LogP contribution in [0.2, 0.25) is 0 Å². The maximum Gasteiger partial charge on any atom is 0.255 e. The summed E-state index contributed by atoms with van der Waals surface area (Å²) in [6.07, 6.45) is 0. The van der Waals surface area contributed by atoms with E-state index in [9.17, 15) is 4.79 Å². The minimum absolute atomic E-state index is 0.0970. The SMILES string of the molecule is CCN[C@H](C)CNC(=O)c1ccccc1OCCN(C)C. The second kappa shape index (κ2) is 9.37. The second-order valence-electron chi connectivity index (χ2n) is 5.32. The van der Waals surface area contributed by atoms with Crippen molar-refractivity contribution in [2.75, 3.05) is 40.3 Å². The van der Waals surface area contributed by atoms with E-state index in [0.717, 1.165) is 13.1 Å². The van der Waals surface area contributed by atoms with Gasteiger partial charge in [-0.2, -0.15) is 0 Å². The molecule has 0 saturated carbocycles. The van der Waals surface area contributed by atoms with Crippen molar-refractivity contribution >= 4 is 5.91 Å². The van der Waals surface area contributed by atoms with Gasteiger partial charge in [-0.1, -0.05) is 19.1 Å². The van der Waals surface area contributed by atoms with E-state index in [1.807, 2.05) is 51.0 Å². The zero-order valence-corrected chi connectivity index (χ0v) is 13.5. The molecule has 0 aliphatic carbocycles. The van der Waals surface area contributed by atoms with Gasteiger partial charge in [0.25, 0.3) is 5.91 Å². The second-order valence-corrected chi connectivity index (χ2v) is 5.32. The van der Waals surface area contributed by atoms with Crippen LogP contribution in [0.5, 0.6) is 5.75 Å². The summed E-state index contributed by atoms with van der Waals surface area (Å²) in [7, 11) is 3.98. The number of hydrogen-bond donors (Lipinski definition) is 2. The van der Waals surface area contributed by atoms with Crippen LogP contribution in [0.4, 0.5) is 0 Å². The molecule has 0 aromatic heterocycles. The van der Waals surface area contributed by atoms with Gasteiger partial charge < -0.3 is 20.3 Å². The number of hydrogen-bond acceptors (Lipinski definition) is 4. The molecule has 0 fully saturated rings. The summed E-state index contributed by atoms with van der Waals surface area (Å²) in [5, 5.41) is 6.19. The molecule has 0 saturated heterocycles. The minimum Gasteiger partial charge on any atom is -0.491 e. The fourth-order valence-corrected chi connectivity index (χ4v) is 1.88. The normalized spacial score (nSPS) is 12.2. The first-order valence-corrected chi connectivity index (χ1v) is 7.42. The molecule has 0 radical (unpaired) electrons. The Bertz CT molecular complexity index is 435. The molecule has 1 atom stereocenters. The zero-order valence-electron chi connectivity index (χ0n) is 13.5. The fraction of sp³-hybridized carbons (Fsp3) is 0.562. The first-order valence-electron chi connectivity index (χ1n) is 7.42. The Hall–Kier alpha value is -1.59. The van der Waals surface area contributed by atoms with Crippen molar-refractivity contribution in [2.45, 2.75) is 19.9 Å². The Labute approximate surface area is 127 Å². The van der Waals surface area contributed by atoms with Gasteiger partial charge in [0.2, 0.25) is 0 Å². The van der Waals surface area contributed by atoms with Gasteiger partial charge in [-0.15, -0.1) is 0 Å². The number of carbonyl (C=O) groups is 1. The highest BCUT2D eigenvalue weighted by atomic mass is 16.5. The highest BCUT2D eigenvalue weighted by molar-refractivity contribution is 5.96. The molecule has 2 N–H and O–H groups in total. The largest absolute Gasteiger partial charge is 0.491 e. The summed E-state index contributed by atoms with van der Waals surface area (Å²) in [5.41, 5.74) is 0.583. The summed E-state index contributed by atoms with van der Waals surface area (Å²) in [4.78, 5) is 14.3. The summed E-state index contributed by atoms with van der Waals surface area (Å²) >= 11 is 0. The van der Waals surface area contributed by atoms with Crippen LogP contribution in [0.1, 0.15) is 24.2 Å². The van der Waals surface area contributed by atoms with E-state index in [1.165, 1.54) is 0 Å². The van der Waals surface area contributed by atoms with Crippen LogP contribution in [-0.2, 0) is 0 Å². The lowest BCUT2D eigenvalue weighted by Gasteiger charge is -2.16. The van der Waals surface area contributed by atoms with Gasteiger partial charge in [-0.25, -0.2) is 0 Å². The molecule has 0 unspecified atom stereocenters. The third-order valence-electron chi connectivity index (χ3n) is 3.05. The molecule has 0 aliphatic heterocycles. The van der Waals surface area contributed by atoms with E-state index in [1.54, 1.807) is 6.07 Å². The average Bonchev–Trinajstić information content (AvgIpc) is 2.45. The van der Waals surface area contributed by atoms with Crippen molar-refractivity contribution in [2.24, 2.45) is 0 Å². The number of amides is 1. The molecule has 5 nitrogen and oxygen atoms in total. The molecule has 5 heteroatoms. The molecule has 1 aromatic carbocycles. The van der Waals surface area contributed by atoms with Gasteiger partial charge in [0.05, 0.1) is 5.56 Å². The molecule has 1 amide bonds. The van der Waals surface area contributed by atoms with Gasteiger partial charge in [0.1, 0.15) is 12.4 Å². The quantitative estimate of drug-likeness (QED) is 0.722. The molecule has 0 heterocycles. The number of rotatable bonds is 9. The summed E-state index contributed by atoms with van der Waals surface area (Å²) in [6.45, 7) is 6.95. The highest BCUT2D eigenvalue weighted by Crippen LogP contribution is 2.17. The maximum atomic E-state index is 12.2. The lowest BCUT2D eigenvalue weighted by Crippen LogP contribution is -2.38. The minimum atomic E-state index is -0.0970. The molecule has 0 spiro atoms. The number of nitrogens with zero attached hydrogens (tertiary/aromatic N) is 1. The van der Waals surface area contributed by atoms with E-state index in [0.29, 0.717) is 24.5 Å². The van der Waals surface area contributed by atoms with Crippen LogP contribution in [0.25, 0.3) is 0 Å². The predicted octanol–water partition coefficient (Wildman–Crippen LogP) is 1.35. The smallest absolute Gasteiger partial charge is 0.255 e. The first-order chi connectivity index (χ1) is 10.0. The van der Waals surface area contributed by atoms with Crippen LogP contribution >= 0.6 is 0 Å². The van der Waals surface area contributed by atoms with Gasteiger partial charge in [-0.05, 0) is 39.7 Å². The standard InChI is InChI=1S/C16H27N3O2/c1-5-17-13(2)12-18-16(20)14-8-6-7-9-15(14)21-11-10-19(3)4/h6-9,13,17H,5,10-12H2,1-4H3,(H,18,20)/t13-/m1/s1. The lowest BCUT2D eigenvalue weighted by atomic mass is 10.2. The number of carbonyl (C=O) groups excluding carboxylic acids is 1. The summed E-state index contributed by atoms with van der Waals surface area (Å²) < 4.78 is 5.71. The molecular formula is C16H27N3O2. The number of ether oxygens (including phenoxy) is 1. The Morgan fingerprint density at radius 3 is 2.71 bits per heavy atom. The maximum absolute atomic E-state index is 12.2. The van der Waals surface area contributed by atoms with Crippen molar-refractivity contribution in [3.63, 3.8) is 0 Å². The van der Waals surface area contributed by atoms with Crippen LogP contribution < -0.4 is 15.4 Å². The first kappa shape index (κ1) is 17.5. The summed E-state index contributed by atoms with van der Waals surface area (Å²) in [6, 6.07) is 7.60. The van der Waals surface area contributed by atoms with Gasteiger partial charge >= 0.3 is 0 Å². The third-order valence-corrected chi connectivity index (χ3v) is 3.05. The average molecular weight is 293 g/mol. The molecule has 118 valence electrons. The van der Waals surface area contributed by atoms with Crippen molar-refractivity contribution < 1.29 is 9.53 Å². The summed E-state index contributed by atoms with van der Waals surface area (Å²) in [5.74, 6) is 0.535. The monoisotopic (exact) mass is 293 g/mol. The van der Waals surface area contributed by atoms with E-state index in [-0.39, 0.29) is 11.9 Å². The van der Waals surface area contributed by atoms with E-state index < -0.39 is 0 Å². The zero-order chi connectivity index (χ0) is 15.7. The van der Waals surface area contributed by atoms with Crippen molar-refractivity contribution in [1.82, 2.24) is 15.5 Å². The number of para-hydroxylation sites is 1. The molecule has 0 aliphatic rings. The number of nitrogens with one attached hydrogen (secondary N) is 2. The van der Waals surface area contributed by atoms with Crippen LogP contribution in [0.15, 0.2) is 24.3 Å². The third kappa shape index (κ3) is 6.60. The topological polar surface area (TPSA) is 53.6 Å². The number of likely N-dealkylation sites (N-methyl/N-ethyl adjacent to an activating group) is 2. The molecule has 21 heavy (non-hydrogen) atoms. The van der Waals surface area contributed by atoms with E-state index in [4.69, 9.17) is 4.74 Å². The molecular weight excluding hydrogens is 266 g/mol. The van der Waals surface area contributed by atoms with Crippen LogP contribution in [0, 0.1) is 0 Å². The van der Waals surface area contributed by atoms with Gasteiger partial charge in [0, 0.05) is 19.1 Å². The molecule has 0 bridgehead atoms. The van der Waals surface area contributed by atoms with E-state index >= 15 is 0 Å². The van der Waals surface area contributed by atoms with Crippen LogP contribution in [0.3, 0.4) is 0 Å².